The molecule has 0 bridgehead atoms. The number of nitrogens with zero attached hydrogens (tertiary/aromatic N) is 2. The number of ether oxygens (including phenoxy) is 2. The van der Waals surface area contributed by atoms with Crippen LogP contribution in [0.5, 0.6) is 11.5 Å². The van der Waals surface area contributed by atoms with Gasteiger partial charge in [0.15, 0.2) is 0 Å². The summed E-state index contributed by atoms with van der Waals surface area (Å²) in [5.41, 5.74) is -0.124. The van der Waals surface area contributed by atoms with Crippen LogP contribution in [0.15, 0.2) is 18.2 Å². The molecule has 1 unspecified atom stereocenters. The zero-order valence-electron chi connectivity index (χ0n) is 12.3. The minimum Gasteiger partial charge on any atom is -0.497 e. The number of nitrogens with one attached hydrogen (secondary N) is 1. The molecule has 7 nitrogen and oxygen atoms in total. The van der Waals surface area contributed by atoms with Gasteiger partial charge in [0, 0.05) is 24.6 Å². The van der Waals surface area contributed by atoms with E-state index in [9.17, 15) is 10.1 Å². The van der Waals surface area contributed by atoms with Crippen molar-refractivity contribution in [1.29, 1.82) is 5.26 Å². The molecule has 0 saturated carbocycles. The molecule has 0 saturated heterocycles. The Kier molecular flexibility index (Phi) is 6.43. The van der Waals surface area contributed by atoms with E-state index in [1.165, 1.54) is 25.3 Å². The summed E-state index contributed by atoms with van der Waals surface area (Å²) in [6, 6.07) is 6.27. The summed E-state index contributed by atoms with van der Waals surface area (Å²) in [6.45, 7) is 4.09. The van der Waals surface area contributed by atoms with Crippen molar-refractivity contribution < 1.29 is 14.4 Å². The molecule has 0 amide bonds. The summed E-state index contributed by atoms with van der Waals surface area (Å²) in [5, 5.41) is 23.0. The predicted octanol–water partition coefficient (Wildman–Crippen LogP) is 2.26. The molecule has 0 aliphatic rings. The molecule has 0 aromatic heterocycles. The minimum absolute atomic E-state index is 0.124. The molecule has 0 aliphatic carbocycles. The van der Waals surface area contributed by atoms with Gasteiger partial charge in [-0.3, -0.25) is 15.4 Å². The van der Waals surface area contributed by atoms with Crippen molar-refractivity contribution in [2.24, 2.45) is 0 Å². The molecule has 7 heteroatoms. The first-order valence-electron chi connectivity index (χ1n) is 6.58. The van der Waals surface area contributed by atoms with Crippen molar-refractivity contribution in [3.05, 3.63) is 28.3 Å². The minimum atomic E-state index is -0.511. The Morgan fingerprint density at radius 1 is 1.48 bits per heavy atom. The van der Waals surface area contributed by atoms with Gasteiger partial charge in [-0.25, -0.2) is 0 Å². The lowest BCUT2D eigenvalue weighted by atomic mass is 10.2. The molecule has 1 rings (SSSR count). The Balaban J connectivity index is 2.69. The molecule has 0 aliphatic heterocycles. The van der Waals surface area contributed by atoms with E-state index in [1.807, 2.05) is 13.8 Å². The van der Waals surface area contributed by atoms with Gasteiger partial charge in [0.05, 0.1) is 30.8 Å². The molecule has 0 radical (unpaired) electrons. The number of hydrogen-bond donors (Lipinski definition) is 1. The highest BCUT2D eigenvalue weighted by Gasteiger charge is 2.17. The second-order valence-corrected chi connectivity index (χ2v) is 4.73. The van der Waals surface area contributed by atoms with Gasteiger partial charge in [-0.05, 0) is 19.9 Å². The third-order valence-corrected chi connectivity index (χ3v) is 2.72. The van der Waals surface area contributed by atoms with Crippen molar-refractivity contribution in [3.8, 4) is 17.6 Å². The van der Waals surface area contributed by atoms with E-state index in [0.29, 0.717) is 12.2 Å². The van der Waals surface area contributed by atoms with Crippen LogP contribution in [0.3, 0.4) is 0 Å². The number of nitro groups is 1. The molecular formula is C14H19N3O4. The highest BCUT2D eigenvalue weighted by Crippen LogP contribution is 2.31. The Morgan fingerprint density at radius 3 is 2.71 bits per heavy atom. The maximum atomic E-state index is 10.9. The lowest BCUT2D eigenvalue weighted by Crippen LogP contribution is -2.34. The van der Waals surface area contributed by atoms with Crippen molar-refractivity contribution in [2.75, 3.05) is 13.7 Å². The monoisotopic (exact) mass is 293 g/mol. The van der Waals surface area contributed by atoms with Crippen molar-refractivity contribution in [1.82, 2.24) is 5.32 Å². The Bertz CT molecular complexity index is 525. The van der Waals surface area contributed by atoms with E-state index in [1.54, 1.807) is 0 Å². The van der Waals surface area contributed by atoms with Crippen LogP contribution in [0.1, 0.15) is 20.3 Å². The molecule has 21 heavy (non-hydrogen) atoms. The molecular weight excluding hydrogens is 274 g/mol. The summed E-state index contributed by atoms with van der Waals surface area (Å²) < 4.78 is 10.5. The van der Waals surface area contributed by atoms with Crippen LogP contribution < -0.4 is 14.8 Å². The first kappa shape index (κ1) is 16.7. The van der Waals surface area contributed by atoms with Crippen LogP contribution in [0.2, 0.25) is 0 Å². The first-order chi connectivity index (χ1) is 9.97. The standard InChI is InChI=1S/C14H19N3O4/c1-10(2)16-11(9-15)6-7-21-14-8-12(20-3)4-5-13(14)17(18)19/h4-5,8,10-11,16H,6-7H2,1-3H3. The van der Waals surface area contributed by atoms with Gasteiger partial charge in [-0.1, -0.05) is 0 Å². The number of methoxy groups -OCH3 is 1. The quantitative estimate of drug-likeness (QED) is 0.583. The molecule has 0 heterocycles. The second-order valence-electron chi connectivity index (χ2n) is 4.73. The van der Waals surface area contributed by atoms with Gasteiger partial charge in [0.2, 0.25) is 5.75 Å². The Morgan fingerprint density at radius 2 is 2.19 bits per heavy atom. The van der Waals surface area contributed by atoms with Crippen LogP contribution in [0, 0.1) is 21.4 Å². The van der Waals surface area contributed by atoms with Crippen LogP contribution in [-0.4, -0.2) is 30.7 Å². The summed E-state index contributed by atoms with van der Waals surface area (Å²) in [5.74, 6) is 0.619. The fourth-order valence-corrected chi connectivity index (χ4v) is 1.76. The fraction of sp³-hybridized carbons (Fsp3) is 0.500. The van der Waals surface area contributed by atoms with E-state index in [0.717, 1.165) is 0 Å². The van der Waals surface area contributed by atoms with E-state index in [2.05, 4.69) is 11.4 Å². The fourth-order valence-electron chi connectivity index (χ4n) is 1.76. The highest BCUT2D eigenvalue weighted by atomic mass is 16.6. The van der Waals surface area contributed by atoms with Gasteiger partial charge in [0.1, 0.15) is 5.75 Å². The normalized spacial score (nSPS) is 11.8. The lowest BCUT2D eigenvalue weighted by molar-refractivity contribution is -0.385. The van der Waals surface area contributed by atoms with Crippen molar-refractivity contribution in [2.45, 2.75) is 32.4 Å². The summed E-state index contributed by atoms with van der Waals surface area (Å²) in [6.07, 6.45) is 0.434. The molecule has 0 fully saturated rings. The van der Waals surface area contributed by atoms with Gasteiger partial charge in [-0.2, -0.15) is 5.26 Å². The van der Waals surface area contributed by atoms with E-state index >= 15 is 0 Å². The Hall–Kier alpha value is -2.33. The van der Waals surface area contributed by atoms with Crippen molar-refractivity contribution >= 4 is 5.69 Å². The summed E-state index contributed by atoms with van der Waals surface area (Å²) >= 11 is 0. The zero-order valence-corrected chi connectivity index (χ0v) is 12.3. The predicted molar refractivity (Wildman–Crippen MR) is 77.4 cm³/mol. The van der Waals surface area contributed by atoms with Gasteiger partial charge in [-0.15, -0.1) is 0 Å². The van der Waals surface area contributed by atoms with Gasteiger partial charge < -0.3 is 9.47 Å². The topological polar surface area (TPSA) is 97.4 Å². The lowest BCUT2D eigenvalue weighted by Gasteiger charge is -2.15. The second kappa shape index (κ2) is 8.07. The smallest absolute Gasteiger partial charge is 0.311 e. The maximum Gasteiger partial charge on any atom is 0.311 e. The number of hydrogen-bond acceptors (Lipinski definition) is 6. The molecule has 1 aromatic rings. The van der Waals surface area contributed by atoms with Crippen LogP contribution in [-0.2, 0) is 0 Å². The average molecular weight is 293 g/mol. The van der Waals surface area contributed by atoms with Crippen LogP contribution in [0.25, 0.3) is 0 Å². The molecule has 0 spiro atoms. The van der Waals surface area contributed by atoms with E-state index < -0.39 is 4.92 Å². The molecule has 114 valence electrons. The van der Waals surface area contributed by atoms with Crippen LogP contribution in [0.4, 0.5) is 5.69 Å². The summed E-state index contributed by atoms with van der Waals surface area (Å²) in [7, 11) is 1.48. The van der Waals surface area contributed by atoms with Crippen LogP contribution >= 0.6 is 0 Å². The summed E-state index contributed by atoms with van der Waals surface area (Å²) in [4.78, 5) is 10.4. The first-order valence-corrected chi connectivity index (χ1v) is 6.58. The number of rotatable bonds is 8. The molecule has 1 aromatic carbocycles. The zero-order chi connectivity index (χ0) is 15.8. The van der Waals surface area contributed by atoms with Gasteiger partial charge >= 0.3 is 5.69 Å². The number of nitriles is 1. The number of benzene rings is 1. The molecule has 1 N–H and O–H groups in total. The van der Waals surface area contributed by atoms with E-state index in [-0.39, 0.29) is 30.1 Å². The molecule has 1 atom stereocenters. The van der Waals surface area contributed by atoms with Crippen molar-refractivity contribution in [3.63, 3.8) is 0 Å². The Labute approximate surface area is 123 Å². The third-order valence-electron chi connectivity index (χ3n) is 2.72. The third kappa shape index (κ3) is 5.28. The maximum absolute atomic E-state index is 10.9. The number of nitro benzene ring substituents is 1. The SMILES string of the molecule is COc1ccc([N+](=O)[O-])c(OCCC(C#N)NC(C)C)c1. The average Bonchev–Trinajstić information content (AvgIpc) is 2.45. The largest absolute Gasteiger partial charge is 0.497 e. The van der Waals surface area contributed by atoms with E-state index in [4.69, 9.17) is 14.7 Å². The van der Waals surface area contributed by atoms with Gasteiger partial charge in [0.25, 0.3) is 0 Å². The highest BCUT2D eigenvalue weighted by molar-refractivity contribution is 5.50.